The van der Waals surface area contributed by atoms with Gasteiger partial charge in [-0.05, 0) is 26.0 Å². The number of benzene rings is 1. The first kappa shape index (κ1) is 16.9. The summed E-state index contributed by atoms with van der Waals surface area (Å²) < 4.78 is 28.8. The van der Waals surface area contributed by atoms with Gasteiger partial charge in [0.2, 0.25) is 0 Å². The molecule has 0 saturated carbocycles. The predicted molar refractivity (Wildman–Crippen MR) is 85.5 cm³/mol. The second-order valence-electron chi connectivity index (χ2n) is 5.10. The molecule has 2 N–H and O–H groups in total. The highest BCUT2D eigenvalue weighted by molar-refractivity contribution is 7.92. The van der Waals surface area contributed by atoms with Crippen LogP contribution in [0.4, 0.5) is 5.82 Å². The molecule has 1 aromatic carbocycles. The van der Waals surface area contributed by atoms with Crippen LogP contribution < -0.4 is 5.73 Å². The van der Waals surface area contributed by atoms with E-state index >= 15 is 0 Å². The summed E-state index contributed by atoms with van der Waals surface area (Å²) >= 11 is 0. The number of carbonyl (C=O) groups is 1. The average Bonchev–Trinajstić information content (AvgIpc) is 2.54. The van der Waals surface area contributed by atoms with E-state index in [4.69, 9.17) is 5.73 Å². The van der Waals surface area contributed by atoms with Gasteiger partial charge in [-0.1, -0.05) is 12.1 Å². The van der Waals surface area contributed by atoms with Crippen molar-refractivity contribution >= 4 is 21.6 Å². The van der Waals surface area contributed by atoms with Crippen LogP contribution in [0.3, 0.4) is 0 Å². The molecule has 1 aromatic heterocycles. The Morgan fingerprint density at radius 3 is 2.35 bits per heavy atom. The zero-order chi connectivity index (χ0) is 17.2. The molecule has 2 aromatic rings. The first-order chi connectivity index (χ1) is 10.8. The van der Waals surface area contributed by atoms with Crippen LogP contribution in [-0.2, 0) is 14.6 Å². The summed E-state index contributed by atoms with van der Waals surface area (Å²) in [6.07, 6.45) is 1.41. The fraction of sp³-hybridized carbons (Fsp3) is 0.267. The normalized spacial score (nSPS) is 11.5. The third kappa shape index (κ3) is 3.31. The summed E-state index contributed by atoms with van der Waals surface area (Å²) in [5.41, 5.74) is 6.54. The Bertz CT molecular complexity index is 830. The first-order valence-electron chi connectivity index (χ1n) is 6.82. The number of esters is 1. The molecule has 0 aliphatic heterocycles. The van der Waals surface area contributed by atoms with Gasteiger partial charge in [-0.15, -0.1) is 0 Å². The van der Waals surface area contributed by atoms with Gasteiger partial charge >= 0.3 is 5.97 Å². The van der Waals surface area contributed by atoms with Gasteiger partial charge in [0, 0.05) is 5.56 Å². The SMILES string of the molecule is COC(=O)c1nc(-c2ccc(S(=O)(=O)C(C)C)cc2)cnc1N. The van der Waals surface area contributed by atoms with Crippen LogP contribution in [0, 0.1) is 0 Å². The number of nitrogens with zero attached hydrogens (tertiary/aromatic N) is 2. The standard InChI is InChI=1S/C15H17N3O4S/c1-9(2)23(20,21)11-6-4-10(5-7-11)12-8-17-14(16)13(18-12)15(19)22-3/h4-9H,1-3H3,(H2,16,17). The molecule has 122 valence electrons. The third-order valence-electron chi connectivity index (χ3n) is 3.28. The van der Waals surface area contributed by atoms with Crippen molar-refractivity contribution in [2.75, 3.05) is 12.8 Å². The topological polar surface area (TPSA) is 112 Å². The molecule has 0 atom stereocenters. The van der Waals surface area contributed by atoms with E-state index in [9.17, 15) is 13.2 Å². The molecule has 7 nitrogen and oxygen atoms in total. The lowest BCUT2D eigenvalue weighted by molar-refractivity contribution is 0.0595. The quantitative estimate of drug-likeness (QED) is 0.846. The summed E-state index contributed by atoms with van der Waals surface area (Å²) in [5.74, 6) is -0.713. The van der Waals surface area contributed by atoms with Crippen molar-refractivity contribution in [1.82, 2.24) is 9.97 Å². The van der Waals surface area contributed by atoms with Crippen molar-refractivity contribution in [3.05, 3.63) is 36.2 Å². The summed E-state index contributed by atoms with van der Waals surface area (Å²) in [7, 11) is -2.11. The van der Waals surface area contributed by atoms with Crippen LogP contribution in [0.5, 0.6) is 0 Å². The number of ether oxygens (including phenoxy) is 1. The maximum Gasteiger partial charge on any atom is 0.360 e. The zero-order valence-corrected chi connectivity index (χ0v) is 13.8. The monoisotopic (exact) mass is 335 g/mol. The van der Waals surface area contributed by atoms with E-state index in [1.807, 2.05) is 0 Å². The molecule has 23 heavy (non-hydrogen) atoms. The van der Waals surface area contributed by atoms with Crippen molar-refractivity contribution < 1.29 is 17.9 Å². The Labute approximate surface area is 134 Å². The maximum absolute atomic E-state index is 12.1. The number of sulfone groups is 1. The summed E-state index contributed by atoms with van der Waals surface area (Å²) in [4.78, 5) is 19.9. The summed E-state index contributed by atoms with van der Waals surface area (Å²) in [6.45, 7) is 3.24. The number of aromatic nitrogens is 2. The summed E-state index contributed by atoms with van der Waals surface area (Å²) in [5, 5.41) is -0.504. The Balaban J connectivity index is 2.43. The van der Waals surface area contributed by atoms with E-state index in [1.165, 1.54) is 25.4 Å². The minimum absolute atomic E-state index is 0.0281. The van der Waals surface area contributed by atoms with Crippen molar-refractivity contribution in [3.8, 4) is 11.3 Å². The van der Waals surface area contributed by atoms with Gasteiger partial charge in [0.05, 0.1) is 29.1 Å². The molecule has 0 aliphatic rings. The Kier molecular flexibility index (Phi) is 4.65. The Hall–Kier alpha value is -2.48. The number of methoxy groups -OCH3 is 1. The highest BCUT2D eigenvalue weighted by Crippen LogP contribution is 2.22. The van der Waals surface area contributed by atoms with Crippen LogP contribution in [-0.4, -0.2) is 36.7 Å². The molecule has 1 heterocycles. The number of anilines is 1. The van der Waals surface area contributed by atoms with Crippen LogP contribution in [0.2, 0.25) is 0 Å². The van der Waals surface area contributed by atoms with Gasteiger partial charge in [0.1, 0.15) is 0 Å². The second kappa shape index (κ2) is 6.33. The number of nitrogens with two attached hydrogens (primary N) is 1. The molecule has 0 amide bonds. The predicted octanol–water partition coefficient (Wildman–Crippen LogP) is 1.69. The lowest BCUT2D eigenvalue weighted by Gasteiger charge is -2.09. The lowest BCUT2D eigenvalue weighted by Crippen LogP contribution is -2.13. The number of rotatable bonds is 4. The lowest BCUT2D eigenvalue weighted by atomic mass is 10.1. The molecular formula is C15H17N3O4S. The fourth-order valence-electron chi connectivity index (χ4n) is 1.87. The molecular weight excluding hydrogens is 318 g/mol. The van der Waals surface area contributed by atoms with E-state index in [2.05, 4.69) is 14.7 Å². The average molecular weight is 335 g/mol. The molecule has 0 fully saturated rings. The van der Waals surface area contributed by atoms with E-state index in [0.29, 0.717) is 11.3 Å². The first-order valence-corrected chi connectivity index (χ1v) is 8.37. The molecule has 2 rings (SSSR count). The van der Waals surface area contributed by atoms with Gasteiger partial charge in [-0.2, -0.15) is 0 Å². The zero-order valence-electron chi connectivity index (χ0n) is 13.0. The number of hydrogen-bond acceptors (Lipinski definition) is 7. The summed E-state index contributed by atoms with van der Waals surface area (Å²) in [6, 6.07) is 6.22. The number of nitrogen functional groups attached to an aromatic ring is 1. The van der Waals surface area contributed by atoms with Crippen LogP contribution in [0.1, 0.15) is 24.3 Å². The van der Waals surface area contributed by atoms with E-state index in [0.717, 1.165) is 0 Å². The van der Waals surface area contributed by atoms with Crippen molar-refractivity contribution in [1.29, 1.82) is 0 Å². The highest BCUT2D eigenvalue weighted by Gasteiger charge is 2.19. The van der Waals surface area contributed by atoms with Gasteiger partial charge in [-0.25, -0.2) is 23.2 Å². The van der Waals surface area contributed by atoms with Crippen LogP contribution in [0.15, 0.2) is 35.4 Å². The van der Waals surface area contributed by atoms with E-state index in [-0.39, 0.29) is 16.4 Å². The third-order valence-corrected chi connectivity index (χ3v) is 5.45. The van der Waals surface area contributed by atoms with Crippen molar-refractivity contribution in [2.45, 2.75) is 24.0 Å². The van der Waals surface area contributed by atoms with Gasteiger partial charge in [0.15, 0.2) is 21.3 Å². The molecule has 0 unspecified atom stereocenters. The molecule has 0 bridgehead atoms. The minimum atomic E-state index is -3.34. The van der Waals surface area contributed by atoms with Gasteiger partial charge in [0.25, 0.3) is 0 Å². The minimum Gasteiger partial charge on any atom is -0.464 e. The largest absolute Gasteiger partial charge is 0.464 e. The molecule has 0 saturated heterocycles. The smallest absolute Gasteiger partial charge is 0.360 e. The van der Waals surface area contributed by atoms with Crippen LogP contribution >= 0.6 is 0 Å². The van der Waals surface area contributed by atoms with Crippen LogP contribution in [0.25, 0.3) is 11.3 Å². The van der Waals surface area contributed by atoms with Crippen molar-refractivity contribution in [3.63, 3.8) is 0 Å². The molecule has 0 spiro atoms. The fourth-order valence-corrected chi connectivity index (χ4v) is 2.93. The number of carbonyl (C=O) groups excluding carboxylic acids is 1. The van der Waals surface area contributed by atoms with E-state index in [1.54, 1.807) is 26.0 Å². The molecule has 0 aliphatic carbocycles. The Morgan fingerprint density at radius 2 is 1.83 bits per heavy atom. The van der Waals surface area contributed by atoms with Gasteiger partial charge in [-0.3, -0.25) is 0 Å². The highest BCUT2D eigenvalue weighted by atomic mass is 32.2. The van der Waals surface area contributed by atoms with Gasteiger partial charge < -0.3 is 10.5 Å². The van der Waals surface area contributed by atoms with E-state index < -0.39 is 21.1 Å². The molecule has 8 heteroatoms. The Morgan fingerprint density at radius 1 is 1.22 bits per heavy atom. The van der Waals surface area contributed by atoms with Crippen molar-refractivity contribution in [2.24, 2.45) is 0 Å². The molecule has 0 radical (unpaired) electrons. The number of hydrogen-bond donors (Lipinski definition) is 1. The second-order valence-corrected chi connectivity index (χ2v) is 7.60. The maximum atomic E-state index is 12.1.